The maximum atomic E-state index is 13.2. The van der Waals surface area contributed by atoms with Gasteiger partial charge in [0.1, 0.15) is 0 Å². The van der Waals surface area contributed by atoms with Gasteiger partial charge in [0, 0.05) is 28.1 Å². The predicted octanol–water partition coefficient (Wildman–Crippen LogP) is 6.33. The molecule has 32 heavy (non-hydrogen) atoms. The number of amides is 1. The maximum Gasteiger partial charge on any atom is 0.270 e. The van der Waals surface area contributed by atoms with Crippen molar-refractivity contribution in [3.63, 3.8) is 0 Å². The lowest BCUT2D eigenvalue weighted by molar-refractivity contribution is -0.384. The van der Waals surface area contributed by atoms with Crippen molar-refractivity contribution in [1.82, 2.24) is 9.97 Å². The van der Waals surface area contributed by atoms with Crippen LogP contribution in [0, 0.1) is 10.1 Å². The average Bonchev–Trinajstić information content (AvgIpc) is 3.20. The van der Waals surface area contributed by atoms with Crippen LogP contribution in [0.15, 0.2) is 72.8 Å². The van der Waals surface area contributed by atoms with Gasteiger partial charge in [-0.3, -0.25) is 20.2 Å². The predicted molar refractivity (Wildman–Crippen MR) is 126 cm³/mol. The molecule has 0 atom stereocenters. The molecule has 2 aromatic heterocycles. The summed E-state index contributed by atoms with van der Waals surface area (Å²) in [6.07, 6.45) is 0. The SMILES string of the molecule is O=C(Nc1nc2ccc([N+](=O)[O-])cc2s1)c1cc(-c2ccccc2Cl)nc2ccccc12. The number of anilines is 1. The van der Waals surface area contributed by atoms with Gasteiger partial charge in [-0.25, -0.2) is 9.97 Å². The second kappa shape index (κ2) is 7.99. The summed E-state index contributed by atoms with van der Waals surface area (Å²) in [5.74, 6) is -0.356. The van der Waals surface area contributed by atoms with E-state index < -0.39 is 4.92 Å². The fraction of sp³-hybridized carbons (Fsp3) is 0. The van der Waals surface area contributed by atoms with Crippen molar-refractivity contribution in [2.75, 3.05) is 5.32 Å². The maximum absolute atomic E-state index is 13.2. The monoisotopic (exact) mass is 460 g/mol. The van der Waals surface area contributed by atoms with Crippen molar-refractivity contribution >= 4 is 60.8 Å². The van der Waals surface area contributed by atoms with E-state index >= 15 is 0 Å². The van der Waals surface area contributed by atoms with E-state index in [0.29, 0.717) is 42.5 Å². The number of nitro benzene ring substituents is 1. The van der Waals surface area contributed by atoms with E-state index in [0.717, 1.165) is 5.56 Å². The van der Waals surface area contributed by atoms with Crippen molar-refractivity contribution < 1.29 is 9.72 Å². The molecular weight excluding hydrogens is 448 g/mol. The molecule has 0 saturated carbocycles. The molecule has 0 radical (unpaired) electrons. The van der Waals surface area contributed by atoms with Crippen LogP contribution in [-0.4, -0.2) is 20.8 Å². The van der Waals surface area contributed by atoms with E-state index in [9.17, 15) is 14.9 Å². The number of carbonyl (C=O) groups excluding carboxylic acids is 1. The molecule has 1 N–H and O–H groups in total. The minimum atomic E-state index is -0.462. The normalized spacial score (nSPS) is 11.0. The molecule has 0 unspecified atom stereocenters. The highest BCUT2D eigenvalue weighted by atomic mass is 35.5. The van der Waals surface area contributed by atoms with Crippen molar-refractivity contribution in [2.45, 2.75) is 0 Å². The number of fused-ring (bicyclic) bond motifs is 2. The van der Waals surface area contributed by atoms with Crippen LogP contribution in [-0.2, 0) is 0 Å². The lowest BCUT2D eigenvalue weighted by Gasteiger charge is -2.10. The highest BCUT2D eigenvalue weighted by molar-refractivity contribution is 7.22. The molecule has 0 bridgehead atoms. The number of para-hydroxylation sites is 1. The fourth-order valence-corrected chi connectivity index (χ4v) is 4.54. The second-order valence-electron chi connectivity index (χ2n) is 6.93. The second-order valence-corrected chi connectivity index (χ2v) is 8.37. The van der Waals surface area contributed by atoms with Crippen LogP contribution in [0.25, 0.3) is 32.4 Å². The number of hydrogen-bond acceptors (Lipinski definition) is 6. The topological polar surface area (TPSA) is 98.0 Å². The molecule has 0 aliphatic heterocycles. The summed E-state index contributed by atoms with van der Waals surface area (Å²) in [5.41, 5.74) is 2.95. The zero-order valence-corrected chi connectivity index (χ0v) is 17.9. The van der Waals surface area contributed by atoms with Gasteiger partial charge in [0.2, 0.25) is 0 Å². The van der Waals surface area contributed by atoms with Crippen LogP contribution in [0.1, 0.15) is 10.4 Å². The Morgan fingerprint density at radius 1 is 0.969 bits per heavy atom. The summed E-state index contributed by atoms with van der Waals surface area (Å²) in [6.45, 7) is 0. The van der Waals surface area contributed by atoms with Gasteiger partial charge in [-0.05, 0) is 24.3 Å². The summed E-state index contributed by atoms with van der Waals surface area (Å²) in [6, 6.07) is 20.8. The number of halogens is 1. The Bertz CT molecular complexity index is 1530. The molecule has 5 rings (SSSR count). The minimum Gasteiger partial charge on any atom is -0.298 e. The van der Waals surface area contributed by atoms with E-state index in [2.05, 4.69) is 15.3 Å². The average molecular weight is 461 g/mol. The first-order valence-corrected chi connectivity index (χ1v) is 10.7. The van der Waals surface area contributed by atoms with Crippen molar-refractivity contribution in [3.8, 4) is 11.3 Å². The smallest absolute Gasteiger partial charge is 0.270 e. The van der Waals surface area contributed by atoms with Gasteiger partial charge >= 0.3 is 0 Å². The van der Waals surface area contributed by atoms with Crippen molar-refractivity contribution in [3.05, 3.63) is 93.5 Å². The van der Waals surface area contributed by atoms with Crippen LogP contribution in [0.5, 0.6) is 0 Å². The zero-order valence-electron chi connectivity index (χ0n) is 16.3. The number of nitrogens with zero attached hydrogens (tertiary/aromatic N) is 3. The number of nitrogens with one attached hydrogen (secondary N) is 1. The number of aromatic nitrogens is 2. The quantitative estimate of drug-likeness (QED) is 0.250. The minimum absolute atomic E-state index is 0.0245. The molecule has 0 spiro atoms. The van der Waals surface area contributed by atoms with Gasteiger partial charge < -0.3 is 0 Å². The Morgan fingerprint density at radius 2 is 1.75 bits per heavy atom. The van der Waals surface area contributed by atoms with Gasteiger partial charge in [0.25, 0.3) is 11.6 Å². The molecule has 0 aliphatic carbocycles. The molecule has 1 amide bonds. The number of pyridine rings is 1. The molecule has 0 fully saturated rings. The van der Waals surface area contributed by atoms with Crippen LogP contribution < -0.4 is 5.32 Å². The number of hydrogen-bond donors (Lipinski definition) is 1. The molecule has 7 nitrogen and oxygen atoms in total. The van der Waals surface area contributed by atoms with E-state index in [1.54, 1.807) is 18.2 Å². The first kappa shape index (κ1) is 20.0. The van der Waals surface area contributed by atoms with Gasteiger partial charge in [-0.1, -0.05) is 59.3 Å². The standard InChI is InChI=1S/C23H13ClN4O3S/c24-17-7-3-1-6-15(17)20-12-16(14-5-2-4-8-18(14)25-20)22(29)27-23-26-19-10-9-13(28(30)31)11-21(19)32-23/h1-12H,(H,26,27,29). The van der Waals surface area contributed by atoms with E-state index in [-0.39, 0.29) is 11.6 Å². The van der Waals surface area contributed by atoms with Crippen molar-refractivity contribution in [2.24, 2.45) is 0 Å². The first-order valence-electron chi connectivity index (χ1n) is 9.50. The lowest BCUT2D eigenvalue weighted by Crippen LogP contribution is -2.13. The number of rotatable bonds is 4. The summed E-state index contributed by atoms with van der Waals surface area (Å²) in [7, 11) is 0. The van der Waals surface area contributed by atoms with Gasteiger partial charge in [-0.2, -0.15) is 0 Å². The lowest BCUT2D eigenvalue weighted by atomic mass is 10.0. The van der Waals surface area contributed by atoms with E-state index in [1.165, 1.54) is 23.5 Å². The number of thiazole rings is 1. The Labute approximate surface area is 190 Å². The number of nitro groups is 1. The Kier molecular flexibility index (Phi) is 5.01. The summed E-state index contributed by atoms with van der Waals surface area (Å²) in [5, 5.41) is 15.4. The summed E-state index contributed by atoms with van der Waals surface area (Å²) < 4.78 is 0.617. The van der Waals surface area contributed by atoms with Crippen LogP contribution in [0.4, 0.5) is 10.8 Å². The number of benzene rings is 3. The molecule has 9 heteroatoms. The fourth-order valence-electron chi connectivity index (χ4n) is 3.41. The Hall–Kier alpha value is -3.88. The van der Waals surface area contributed by atoms with Crippen LogP contribution in [0.2, 0.25) is 5.02 Å². The molecule has 0 aliphatic rings. The molecule has 5 aromatic rings. The molecule has 0 saturated heterocycles. The summed E-state index contributed by atoms with van der Waals surface area (Å²) >= 11 is 7.53. The highest BCUT2D eigenvalue weighted by Crippen LogP contribution is 2.32. The molecule has 2 heterocycles. The number of non-ortho nitro benzene ring substituents is 1. The van der Waals surface area contributed by atoms with Crippen LogP contribution in [0.3, 0.4) is 0 Å². The Morgan fingerprint density at radius 3 is 2.56 bits per heavy atom. The number of carbonyl (C=O) groups is 1. The molecule has 156 valence electrons. The largest absolute Gasteiger partial charge is 0.298 e. The van der Waals surface area contributed by atoms with Gasteiger partial charge in [0.15, 0.2) is 5.13 Å². The van der Waals surface area contributed by atoms with Crippen molar-refractivity contribution in [1.29, 1.82) is 0 Å². The molecular formula is C23H13ClN4O3S. The summed E-state index contributed by atoms with van der Waals surface area (Å²) in [4.78, 5) is 32.8. The van der Waals surface area contributed by atoms with E-state index in [1.807, 2.05) is 42.5 Å². The van der Waals surface area contributed by atoms with Gasteiger partial charge in [-0.15, -0.1) is 0 Å². The Balaban J connectivity index is 1.56. The first-order chi connectivity index (χ1) is 15.5. The highest BCUT2D eigenvalue weighted by Gasteiger charge is 2.17. The van der Waals surface area contributed by atoms with Gasteiger partial charge in [0.05, 0.1) is 31.9 Å². The third kappa shape index (κ3) is 3.66. The van der Waals surface area contributed by atoms with Crippen LogP contribution >= 0.6 is 22.9 Å². The third-order valence-electron chi connectivity index (χ3n) is 4.91. The third-order valence-corrected chi connectivity index (χ3v) is 6.18. The molecule has 3 aromatic carbocycles. The zero-order chi connectivity index (χ0) is 22.2. The van der Waals surface area contributed by atoms with E-state index in [4.69, 9.17) is 11.6 Å².